The molecule has 2 heterocycles. The first-order valence-corrected chi connectivity index (χ1v) is 8.12. The lowest BCUT2D eigenvalue weighted by atomic mass is 10.3. The molecule has 0 aliphatic rings. The van der Waals surface area contributed by atoms with E-state index in [1.807, 2.05) is 28.7 Å². The van der Waals surface area contributed by atoms with Crippen molar-refractivity contribution in [2.75, 3.05) is 13.1 Å². The van der Waals surface area contributed by atoms with E-state index in [1.54, 1.807) is 6.20 Å². The summed E-state index contributed by atoms with van der Waals surface area (Å²) in [5.74, 6) is 1.75. The molecule has 0 amide bonds. The lowest BCUT2D eigenvalue weighted by Crippen LogP contribution is -2.38. The van der Waals surface area contributed by atoms with Crippen molar-refractivity contribution in [3.05, 3.63) is 36.2 Å². The summed E-state index contributed by atoms with van der Waals surface area (Å²) in [6.07, 6.45) is 6.61. The second kappa shape index (κ2) is 8.36. The van der Waals surface area contributed by atoms with E-state index in [1.165, 1.54) is 0 Å². The van der Waals surface area contributed by atoms with Crippen LogP contribution in [0.15, 0.2) is 29.6 Å². The Morgan fingerprint density at radius 2 is 2.13 bits per heavy atom. The van der Waals surface area contributed by atoms with E-state index < -0.39 is 0 Å². The molecule has 0 saturated heterocycles. The summed E-state index contributed by atoms with van der Waals surface area (Å²) < 4.78 is 3.96. The van der Waals surface area contributed by atoms with Crippen molar-refractivity contribution >= 4 is 5.96 Å². The Bertz CT molecular complexity index is 624. The second-order valence-corrected chi connectivity index (χ2v) is 5.71. The van der Waals surface area contributed by atoms with Gasteiger partial charge >= 0.3 is 0 Å². The van der Waals surface area contributed by atoms with Gasteiger partial charge in [0, 0.05) is 51.2 Å². The molecule has 23 heavy (non-hydrogen) atoms. The highest BCUT2D eigenvalue weighted by Crippen LogP contribution is 2.04. The summed E-state index contributed by atoms with van der Waals surface area (Å²) in [7, 11) is 1.98. The maximum atomic E-state index is 4.57. The smallest absolute Gasteiger partial charge is 0.191 e. The SMILES string of the molecule is CCNC(=NCc1nccn1C)NCCc1ccn(C(C)C)n1. The van der Waals surface area contributed by atoms with Crippen molar-refractivity contribution in [3.63, 3.8) is 0 Å². The monoisotopic (exact) mass is 317 g/mol. The molecule has 0 atom stereocenters. The van der Waals surface area contributed by atoms with Gasteiger partial charge in [-0.15, -0.1) is 0 Å². The van der Waals surface area contributed by atoms with Gasteiger partial charge in [-0.3, -0.25) is 4.68 Å². The lowest BCUT2D eigenvalue weighted by molar-refractivity contribution is 0.526. The topological polar surface area (TPSA) is 72.1 Å². The van der Waals surface area contributed by atoms with E-state index in [0.717, 1.165) is 37.0 Å². The highest BCUT2D eigenvalue weighted by atomic mass is 15.3. The first-order chi connectivity index (χ1) is 11.1. The third-order valence-corrected chi connectivity index (χ3v) is 3.51. The quantitative estimate of drug-likeness (QED) is 0.599. The van der Waals surface area contributed by atoms with Gasteiger partial charge in [0.05, 0.1) is 5.69 Å². The molecule has 0 fully saturated rings. The highest BCUT2D eigenvalue weighted by Gasteiger charge is 2.04. The number of guanidine groups is 1. The van der Waals surface area contributed by atoms with Crippen molar-refractivity contribution in [1.82, 2.24) is 30.0 Å². The Balaban J connectivity index is 1.85. The van der Waals surface area contributed by atoms with Crippen LogP contribution < -0.4 is 10.6 Å². The maximum absolute atomic E-state index is 4.57. The van der Waals surface area contributed by atoms with Crippen LogP contribution in [0.1, 0.15) is 38.3 Å². The van der Waals surface area contributed by atoms with E-state index in [-0.39, 0.29) is 0 Å². The number of nitrogens with one attached hydrogen (secondary N) is 2. The molecule has 2 rings (SSSR count). The Morgan fingerprint density at radius 3 is 2.74 bits per heavy atom. The Labute approximate surface area is 137 Å². The van der Waals surface area contributed by atoms with Crippen molar-refractivity contribution < 1.29 is 0 Å². The molecule has 0 radical (unpaired) electrons. The third kappa shape index (κ3) is 5.12. The van der Waals surface area contributed by atoms with Crippen LogP contribution >= 0.6 is 0 Å². The Hall–Kier alpha value is -2.31. The molecule has 0 saturated carbocycles. The molecule has 2 aromatic heterocycles. The largest absolute Gasteiger partial charge is 0.357 e. The second-order valence-electron chi connectivity index (χ2n) is 5.71. The molecule has 7 nitrogen and oxygen atoms in total. The summed E-state index contributed by atoms with van der Waals surface area (Å²) in [5, 5.41) is 11.1. The summed E-state index contributed by atoms with van der Waals surface area (Å²) in [4.78, 5) is 8.85. The molecule has 0 aromatic carbocycles. The number of hydrogen-bond donors (Lipinski definition) is 2. The molecule has 0 bridgehead atoms. The summed E-state index contributed by atoms with van der Waals surface area (Å²) in [6, 6.07) is 2.47. The van der Waals surface area contributed by atoms with Crippen LogP contribution in [0.3, 0.4) is 0 Å². The molecular weight excluding hydrogens is 290 g/mol. The number of nitrogens with zero attached hydrogens (tertiary/aromatic N) is 5. The van der Waals surface area contributed by atoms with Crippen molar-refractivity contribution in [2.45, 2.75) is 39.8 Å². The zero-order valence-corrected chi connectivity index (χ0v) is 14.5. The predicted molar refractivity (Wildman–Crippen MR) is 92.3 cm³/mol. The van der Waals surface area contributed by atoms with E-state index in [4.69, 9.17) is 0 Å². The fourth-order valence-corrected chi connectivity index (χ4v) is 2.15. The first kappa shape index (κ1) is 17.1. The lowest BCUT2D eigenvalue weighted by Gasteiger charge is -2.10. The van der Waals surface area contributed by atoms with Gasteiger partial charge in [-0.1, -0.05) is 0 Å². The minimum absolute atomic E-state index is 0.397. The summed E-state index contributed by atoms with van der Waals surface area (Å²) in [5.41, 5.74) is 1.09. The average molecular weight is 317 g/mol. The molecule has 2 N–H and O–H groups in total. The minimum atomic E-state index is 0.397. The van der Waals surface area contributed by atoms with Crippen LogP contribution in [-0.4, -0.2) is 38.4 Å². The van der Waals surface area contributed by atoms with Crippen LogP contribution in [0.2, 0.25) is 0 Å². The maximum Gasteiger partial charge on any atom is 0.191 e. The normalized spacial score (nSPS) is 12.0. The van der Waals surface area contributed by atoms with Gasteiger partial charge < -0.3 is 15.2 Å². The number of aromatic nitrogens is 4. The highest BCUT2D eigenvalue weighted by molar-refractivity contribution is 5.79. The fraction of sp³-hybridized carbons (Fsp3) is 0.562. The number of aryl methyl sites for hydroxylation is 1. The molecule has 7 heteroatoms. The number of aliphatic imine (C=N–C) groups is 1. The van der Waals surface area contributed by atoms with Crippen molar-refractivity contribution in [2.24, 2.45) is 12.0 Å². The molecule has 0 aliphatic heterocycles. The van der Waals surface area contributed by atoms with Crippen LogP contribution in [-0.2, 0) is 20.0 Å². The van der Waals surface area contributed by atoms with Crippen molar-refractivity contribution in [1.29, 1.82) is 0 Å². The Kier molecular flexibility index (Phi) is 6.19. The van der Waals surface area contributed by atoms with E-state index in [2.05, 4.69) is 52.5 Å². The number of rotatable bonds is 7. The standard InChI is InChI=1S/C16H27N7/c1-5-17-16(20-12-15-18-9-11-22(15)4)19-8-6-14-7-10-23(21-14)13(2)3/h7,9-11,13H,5-6,8,12H2,1-4H3,(H2,17,19,20). The van der Waals surface area contributed by atoms with Crippen LogP contribution in [0, 0.1) is 0 Å². The molecule has 2 aromatic rings. The van der Waals surface area contributed by atoms with Gasteiger partial charge in [-0.05, 0) is 26.8 Å². The van der Waals surface area contributed by atoms with Gasteiger partial charge in [0.15, 0.2) is 5.96 Å². The van der Waals surface area contributed by atoms with E-state index >= 15 is 0 Å². The van der Waals surface area contributed by atoms with Crippen LogP contribution in [0.5, 0.6) is 0 Å². The van der Waals surface area contributed by atoms with Crippen molar-refractivity contribution in [3.8, 4) is 0 Å². The van der Waals surface area contributed by atoms with Gasteiger partial charge in [0.2, 0.25) is 0 Å². The number of hydrogen-bond acceptors (Lipinski definition) is 3. The molecule has 0 aliphatic carbocycles. The van der Waals surface area contributed by atoms with Gasteiger partial charge in [-0.25, -0.2) is 9.98 Å². The van der Waals surface area contributed by atoms with Gasteiger partial charge in [0.25, 0.3) is 0 Å². The molecule has 0 spiro atoms. The summed E-state index contributed by atoms with van der Waals surface area (Å²) >= 11 is 0. The average Bonchev–Trinajstić information content (AvgIpc) is 3.14. The third-order valence-electron chi connectivity index (χ3n) is 3.51. The van der Waals surface area contributed by atoms with Crippen LogP contribution in [0.25, 0.3) is 0 Å². The van der Waals surface area contributed by atoms with E-state index in [0.29, 0.717) is 12.6 Å². The number of imidazole rings is 1. The summed E-state index contributed by atoms with van der Waals surface area (Å²) in [6.45, 7) is 8.49. The minimum Gasteiger partial charge on any atom is -0.357 e. The van der Waals surface area contributed by atoms with Gasteiger partial charge in [-0.2, -0.15) is 5.10 Å². The van der Waals surface area contributed by atoms with Gasteiger partial charge in [0.1, 0.15) is 12.4 Å². The molecule has 126 valence electrons. The fourth-order valence-electron chi connectivity index (χ4n) is 2.15. The first-order valence-electron chi connectivity index (χ1n) is 8.12. The predicted octanol–water partition coefficient (Wildman–Crippen LogP) is 1.50. The zero-order valence-electron chi connectivity index (χ0n) is 14.5. The Morgan fingerprint density at radius 1 is 1.30 bits per heavy atom. The molecular formula is C16H27N7. The molecule has 0 unspecified atom stereocenters. The zero-order chi connectivity index (χ0) is 16.7. The van der Waals surface area contributed by atoms with E-state index in [9.17, 15) is 0 Å². The van der Waals surface area contributed by atoms with Crippen LogP contribution in [0.4, 0.5) is 0 Å².